The Morgan fingerprint density at radius 2 is 1.33 bits per heavy atom. The van der Waals surface area contributed by atoms with E-state index in [1.54, 1.807) is 0 Å². The van der Waals surface area contributed by atoms with Crippen molar-refractivity contribution in [3.05, 3.63) is 12.2 Å². The quantitative estimate of drug-likeness (QED) is 0.277. The lowest BCUT2D eigenvalue weighted by Gasteiger charge is -2.07. The first-order valence-corrected chi connectivity index (χ1v) is 9.88. The third-order valence-electron chi connectivity index (χ3n) is 4.18. The summed E-state index contributed by atoms with van der Waals surface area (Å²) in [6, 6.07) is 0. The molecule has 4 nitrogen and oxygen atoms in total. The Balaban J connectivity index is 3.14. The van der Waals surface area contributed by atoms with Crippen molar-refractivity contribution in [1.82, 2.24) is 5.32 Å². The smallest absolute Gasteiger partial charge is 0.407 e. The number of ether oxygens (including phenoxy) is 1. The predicted octanol–water partition coefficient (Wildman–Crippen LogP) is 5.35. The zero-order valence-electron chi connectivity index (χ0n) is 15.8. The Morgan fingerprint density at radius 1 is 0.875 bits per heavy atom. The molecule has 0 rings (SSSR count). The van der Waals surface area contributed by atoms with Crippen LogP contribution < -0.4 is 5.32 Å². The van der Waals surface area contributed by atoms with Crippen molar-refractivity contribution in [2.45, 2.75) is 90.4 Å². The molecule has 0 saturated heterocycles. The molecule has 142 valence electrons. The van der Waals surface area contributed by atoms with E-state index in [1.807, 2.05) is 0 Å². The van der Waals surface area contributed by atoms with E-state index in [-0.39, 0.29) is 13.2 Å². The summed E-state index contributed by atoms with van der Waals surface area (Å²) in [5.74, 6) is 0. The SMILES string of the molecule is C=C(CO)COC(=O)NCCCCCCCCCCCCCCC. The van der Waals surface area contributed by atoms with Crippen LogP contribution in [0.25, 0.3) is 0 Å². The van der Waals surface area contributed by atoms with Gasteiger partial charge in [-0.2, -0.15) is 0 Å². The van der Waals surface area contributed by atoms with Gasteiger partial charge in [0.15, 0.2) is 0 Å². The third-order valence-corrected chi connectivity index (χ3v) is 4.18. The van der Waals surface area contributed by atoms with Gasteiger partial charge in [-0.15, -0.1) is 0 Å². The first-order valence-electron chi connectivity index (χ1n) is 9.88. The van der Waals surface area contributed by atoms with Crippen molar-refractivity contribution in [2.75, 3.05) is 19.8 Å². The number of carbonyl (C=O) groups is 1. The predicted molar refractivity (Wildman–Crippen MR) is 101 cm³/mol. The largest absolute Gasteiger partial charge is 0.445 e. The van der Waals surface area contributed by atoms with Crippen molar-refractivity contribution in [3.8, 4) is 0 Å². The molecule has 4 heteroatoms. The molecule has 0 aliphatic rings. The second kappa shape index (κ2) is 18.3. The van der Waals surface area contributed by atoms with E-state index in [0.29, 0.717) is 12.1 Å². The second-order valence-corrected chi connectivity index (χ2v) is 6.65. The van der Waals surface area contributed by atoms with E-state index in [1.165, 1.54) is 70.6 Å². The molecule has 0 unspecified atom stereocenters. The van der Waals surface area contributed by atoms with Gasteiger partial charge in [-0.3, -0.25) is 0 Å². The summed E-state index contributed by atoms with van der Waals surface area (Å²) in [7, 11) is 0. The Hall–Kier alpha value is -1.03. The number of alkyl carbamates (subject to hydrolysis) is 1. The zero-order chi connectivity index (χ0) is 17.9. The minimum Gasteiger partial charge on any atom is -0.445 e. The van der Waals surface area contributed by atoms with Crippen molar-refractivity contribution in [3.63, 3.8) is 0 Å². The summed E-state index contributed by atoms with van der Waals surface area (Å²) in [5.41, 5.74) is 0.506. The molecule has 0 fully saturated rings. The minimum absolute atomic E-state index is 0.0843. The van der Waals surface area contributed by atoms with Gasteiger partial charge in [-0.1, -0.05) is 90.6 Å². The van der Waals surface area contributed by atoms with Crippen molar-refractivity contribution >= 4 is 6.09 Å². The summed E-state index contributed by atoms with van der Waals surface area (Å²) in [4.78, 5) is 11.3. The van der Waals surface area contributed by atoms with Crippen LogP contribution in [-0.2, 0) is 4.74 Å². The van der Waals surface area contributed by atoms with Crippen LogP contribution in [0, 0.1) is 0 Å². The fourth-order valence-electron chi connectivity index (χ4n) is 2.60. The summed E-state index contributed by atoms with van der Waals surface area (Å²) >= 11 is 0. The lowest BCUT2D eigenvalue weighted by Crippen LogP contribution is -2.26. The molecule has 2 N–H and O–H groups in total. The highest BCUT2D eigenvalue weighted by molar-refractivity contribution is 5.67. The van der Waals surface area contributed by atoms with Crippen LogP contribution in [0.3, 0.4) is 0 Å². The summed E-state index contributed by atoms with van der Waals surface area (Å²) in [5, 5.41) is 11.5. The molecule has 0 atom stereocenters. The molecular formula is C20H39NO3. The zero-order valence-corrected chi connectivity index (χ0v) is 15.8. The van der Waals surface area contributed by atoms with Crippen molar-refractivity contribution in [1.29, 1.82) is 0 Å². The first kappa shape index (κ1) is 23.0. The normalized spacial score (nSPS) is 10.6. The number of amides is 1. The Labute approximate surface area is 149 Å². The van der Waals surface area contributed by atoms with E-state index >= 15 is 0 Å². The molecule has 0 spiro atoms. The Bertz CT molecular complexity index is 305. The molecular weight excluding hydrogens is 302 g/mol. The molecule has 1 amide bonds. The number of unbranched alkanes of at least 4 members (excludes halogenated alkanes) is 12. The average molecular weight is 342 g/mol. The number of hydrogen-bond acceptors (Lipinski definition) is 3. The van der Waals surface area contributed by atoms with Crippen LogP contribution in [0.1, 0.15) is 90.4 Å². The highest BCUT2D eigenvalue weighted by Crippen LogP contribution is 2.12. The van der Waals surface area contributed by atoms with Gasteiger partial charge in [-0.25, -0.2) is 4.79 Å². The molecule has 0 aromatic rings. The van der Waals surface area contributed by atoms with Gasteiger partial charge in [0.05, 0.1) is 6.61 Å². The molecule has 24 heavy (non-hydrogen) atoms. The van der Waals surface area contributed by atoms with Gasteiger partial charge in [0, 0.05) is 6.54 Å². The number of nitrogens with one attached hydrogen (secondary N) is 1. The van der Waals surface area contributed by atoms with Crippen LogP contribution in [0.2, 0.25) is 0 Å². The minimum atomic E-state index is -0.427. The molecule has 0 bridgehead atoms. The van der Waals surface area contributed by atoms with E-state index in [9.17, 15) is 4.79 Å². The number of aliphatic hydroxyl groups is 1. The maximum absolute atomic E-state index is 11.3. The molecule has 0 aliphatic heterocycles. The monoisotopic (exact) mass is 341 g/mol. The highest BCUT2D eigenvalue weighted by Gasteiger charge is 2.01. The molecule has 0 radical (unpaired) electrons. The third kappa shape index (κ3) is 17.3. The van der Waals surface area contributed by atoms with Gasteiger partial charge < -0.3 is 15.2 Å². The molecule has 0 heterocycles. The van der Waals surface area contributed by atoms with Gasteiger partial charge >= 0.3 is 6.09 Å². The van der Waals surface area contributed by atoms with Crippen molar-refractivity contribution < 1.29 is 14.6 Å². The summed E-state index contributed by atoms with van der Waals surface area (Å²) < 4.78 is 4.90. The van der Waals surface area contributed by atoms with Crippen molar-refractivity contribution in [2.24, 2.45) is 0 Å². The number of carbonyl (C=O) groups excluding carboxylic acids is 1. The fourth-order valence-corrected chi connectivity index (χ4v) is 2.60. The fraction of sp³-hybridized carbons (Fsp3) is 0.850. The van der Waals surface area contributed by atoms with Gasteiger partial charge in [-0.05, 0) is 12.0 Å². The van der Waals surface area contributed by atoms with Crippen LogP contribution in [0.5, 0.6) is 0 Å². The van der Waals surface area contributed by atoms with Crippen LogP contribution in [-0.4, -0.2) is 31.0 Å². The van der Waals surface area contributed by atoms with Crippen LogP contribution >= 0.6 is 0 Å². The van der Waals surface area contributed by atoms with Gasteiger partial charge in [0.25, 0.3) is 0 Å². The van der Waals surface area contributed by atoms with E-state index < -0.39 is 6.09 Å². The van der Waals surface area contributed by atoms with Crippen LogP contribution in [0.4, 0.5) is 4.79 Å². The first-order chi connectivity index (χ1) is 11.7. The summed E-state index contributed by atoms with van der Waals surface area (Å²) in [6.07, 6.45) is 16.7. The van der Waals surface area contributed by atoms with E-state index in [2.05, 4.69) is 18.8 Å². The molecule has 0 aromatic heterocycles. The lowest BCUT2D eigenvalue weighted by atomic mass is 10.0. The number of aliphatic hydroxyl groups excluding tert-OH is 1. The van der Waals surface area contributed by atoms with E-state index in [0.717, 1.165) is 12.8 Å². The topological polar surface area (TPSA) is 58.6 Å². The average Bonchev–Trinajstić information content (AvgIpc) is 2.59. The Morgan fingerprint density at radius 3 is 1.79 bits per heavy atom. The lowest BCUT2D eigenvalue weighted by molar-refractivity contribution is 0.151. The Kier molecular flexibility index (Phi) is 17.5. The molecule has 0 aromatic carbocycles. The maximum Gasteiger partial charge on any atom is 0.407 e. The van der Waals surface area contributed by atoms with Gasteiger partial charge in [0.2, 0.25) is 0 Å². The highest BCUT2D eigenvalue weighted by atomic mass is 16.5. The second-order valence-electron chi connectivity index (χ2n) is 6.65. The molecule has 0 aliphatic carbocycles. The van der Waals surface area contributed by atoms with Crippen LogP contribution in [0.15, 0.2) is 12.2 Å². The maximum atomic E-state index is 11.3. The van der Waals surface area contributed by atoms with Gasteiger partial charge in [0.1, 0.15) is 6.61 Å². The van der Waals surface area contributed by atoms with E-state index in [4.69, 9.17) is 9.84 Å². The molecule has 0 saturated carbocycles. The standard InChI is InChI=1S/C20H39NO3/c1-3-4-5-6-7-8-9-10-11-12-13-14-15-16-21-20(23)24-18-19(2)17-22/h22H,2-18H2,1H3,(H,21,23). The number of hydrogen-bond donors (Lipinski definition) is 2. The summed E-state index contributed by atoms with van der Waals surface area (Å²) in [6.45, 7) is 6.42. The number of rotatable bonds is 17.